The summed E-state index contributed by atoms with van der Waals surface area (Å²) in [5.74, 6) is 1.90. The molecular weight excluding hydrogens is 270 g/mol. The van der Waals surface area contributed by atoms with E-state index in [9.17, 15) is 0 Å². The van der Waals surface area contributed by atoms with E-state index >= 15 is 0 Å². The van der Waals surface area contributed by atoms with Crippen molar-refractivity contribution in [3.63, 3.8) is 0 Å². The second-order valence-electron chi connectivity index (χ2n) is 7.56. The van der Waals surface area contributed by atoms with Gasteiger partial charge in [0.25, 0.3) is 0 Å². The number of hydrogen-bond donors (Lipinski definition) is 0. The van der Waals surface area contributed by atoms with Gasteiger partial charge in [-0.2, -0.15) is 0 Å². The van der Waals surface area contributed by atoms with Crippen molar-refractivity contribution in [2.75, 3.05) is 18.0 Å². The topological polar surface area (TPSA) is 19.4 Å². The van der Waals surface area contributed by atoms with Crippen LogP contribution in [0.3, 0.4) is 0 Å². The third-order valence-corrected chi connectivity index (χ3v) is 4.50. The SMILES string of the molecule is CC(C)CN1CCC[C@H]1c1cccnc1N(C(C)C)C(C)C. The van der Waals surface area contributed by atoms with Crippen molar-refractivity contribution < 1.29 is 0 Å². The average Bonchev–Trinajstić information content (AvgIpc) is 2.85. The molecule has 0 unspecified atom stereocenters. The first-order valence-electron chi connectivity index (χ1n) is 8.89. The molecule has 0 bridgehead atoms. The van der Waals surface area contributed by atoms with Crippen LogP contribution in [-0.4, -0.2) is 35.1 Å². The Balaban J connectivity index is 2.35. The van der Waals surface area contributed by atoms with Crippen LogP contribution in [0, 0.1) is 5.92 Å². The molecule has 1 aromatic rings. The quantitative estimate of drug-likeness (QED) is 0.771. The first kappa shape index (κ1) is 17.3. The third kappa shape index (κ3) is 3.81. The summed E-state index contributed by atoms with van der Waals surface area (Å²) in [7, 11) is 0. The van der Waals surface area contributed by atoms with E-state index in [0.717, 1.165) is 0 Å². The van der Waals surface area contributed by atoms with Gasteiger partial charge in [0, 0.05) is 36.4 Å². The van der Waals surface area contributed by atoms with Crippen molar-refractivity contribution in [3.8, 4) is 0 Å². The van der Waals surface area contributed by atoms with Gasteiger partial charge in [-0.3, -0.25) is 4.90 Å². The highest BCUT2D eigenvalue weighted by Crippen LogP contribution is 2.37. The van der Waals surface area contributed by atoms with Gasteiger partial charge >= 0.3 is 0 Å². The zero-order chi connectivity index (χ0) is 16.3. The first-order valence-corrected chi connectivity index (χ1v) is 8.89. The minimum atomic E-state index is 0.466. The molecule has 124 valence electrons. The Morgan fingerprint density at radius 1 is 1.18 bits per heavy atom. The van der Waals surface area contributed by atoms with E-state index < -0.39 is 0 Å². The van der Waals surface area contributed by atoms with Crippen molar-refractivity contribution in [1.82, 2.24) is 9.88 Å². The lowest BCUT2D eigenvalue weighted by atomic mass is 10.0. The van der Waals surface area contributed by atoms with Crippen LogP contribution in [0.1, 0.15) is 66.0 Å². The van der Waals surface area contributed by atoms with E-state index in [-0.39, 0.29) is 0 Å². The molecule has 0 aliphatic carbocycles. The van der Waals surface area contributed by atoms with Crippen molar-refractivity contribution in [1.29, 1.82) is 0 Å². The van der Waals surface area contributed by atoms with E-state index in [1.807, 2.05) is 6.20 Å². The Labute approximate surface area is 136 Å². The number of likely N-dealkylation sites (tertiary alicyclic amines) is 1. The number of pyridine rings is 1. The number of hydrogen-bond acceptors (Lipinski definition) is 3. The number of aromatic nitrogens is 1. The molecular formula is C19H33N3. The summed E-state index contributed by atoms with van der Waals surface area (Å²) in [4.78, 5) is 9.90. The molecule has 1 aromatic heterocycles. The molecule has 0 spiro atoms. The van der Waals surface area contributed by atoms with E-state index in [1.54, 1.807) is 0 Å². The van der Waals surface area contributed by atoms with Gasteiger partial charge in [0.05, 0.1) is 0 Å². The van der Waals surface area contributed by atoms with E-state index in [0.29, 0.717) is 24.0 Å². The van der Waals surface area contributed by atoms with E-state index in [2.05, 4.69) is 63.5 Å². The fraction of sp³-hybridized carbons (Fsp3) is 0.737. The molecule has 1 fully saturated rings. The number of nitrogens with zero attached hydrogens (tertiary/aromatic N) is 3. The highest BCUT2D eigenvalue weighted by Gasteiger charge is 2.30. The summed E-state index contributed by atoms with van der Waals surface area (Å²) < 4.78 is 0. The summed E-state index contributed by atoms with van der Waals surface area (Å²) >= 11 is 0. The molecule has 0 aromatic carbocycles. The Kier molecular flexibility index (Phi) is 5.85. The van der Waals surface area contributed by atoms with Gasteiger partial charge in [-0.05, 0) is 59.1 Å². The number of rotatable bonds is 6. The molecule has 0 radical (unpaired) electrons. The average molecular weight is 303 g/mol. The van der Waals surface area contributed by atoms with Crippen LogP contribution in [0.4, 0.5) is 5.82 Å². The highest BCUT2D eigenvalue weighted by molar-refractivity contribution is 5.50. The smallest absolute Gasteiger partial charge is 0.133 e. The van der Waals surface area contributed by atoms with Crippen molar-refractivity contribution in [3.05, 3.63) is 23.9 Å². The largest absolute Gasteiger partial charge is 0.351 e. The van der Waals surface area contributed by atoms with Gasteiger partial charge in [-0.15, -0.1) is 0 Å². The van der Waals surface area contributed by atoms with Crippen molar-refractivity contribution in [2.24, 2.45) is 5.92 Å². The van der Waals surface area contributed by atoms with Crippen LogP contribution in [0.2, 0.25) is 0 Å². The molecule has 0 N–H and O–H groups in total. The van der Waals surface area contributed by atoms with E-state index in [1.165, 1.54) is 37.3 Å². The van der Waals surface area contributed by atoms with E-state index in [4.69, 9.17) is 4.98 Å². The predicted octanol–water partition coefficient (Wildman–Crippen LogP) is 4.50. The van der Waals surface area contributed by atoms with Gasteiger partial charge < -0.3 is 4.90 Å². The van der Waals surface area contributed by atoms with Gasteiger partial charge in [-0.1, -0.05) is 19.9 Å². The molecule has 2 heterocycles. The fourth-order valence-electron chi connectivity index (χ4n) is 3.84. The summed E-state index contributed by atoms with van der Waals surface area (Å²) in [5, 5.41) is 0. The zero-order valence-electron chi connectivity index (χ0n) is 15.2. The maximum atomic E-state index is 4.78. The summed E-state index contributed by atoms with van der Waals surface area (Å²) in [6.07, 6.45) is 4.50. The second-order valence-corrected chi connectivity index (χ2v) is 7.56. The molecule has 1 aliphatic rings. The van der Waals surface area contributed by atoms with Gasteiger partial charge in [0.15, 0.2) is 0 Å². The van der Waals surface area contributed by atoms with Crippen LogP contribution >= 0.6 is 0 Å². The Morgan fingerprint density at radius 2 is 1.86 bits per heavy atom. The third-order valence-electron chi connectivity index (χ3n) is 4.50. The maximum absolute atomic E-state index is 4.78. The minimum Gasteiger partial charge on any atom is -0.351 e. The molecule has 3 nitrogen and oxygen atoms in total. The lowest BCUT2D eigenvalue weighted by molar-refractivity contribution is 0.228. The molecule has 1 atom stereocenters. The Hall–Kier alpha value is -1.09. The summed E-state index contributed by atoms with van der Waals surface area (Å²) in [6.45, 7) is 16.1. The Bertz CT molecular complexity index is 460. The fourth-order valence-corrected chi connectivity index (χ4v) is 3.84. The van der Waals surface area contributed by atoms with Crippen molar-refractivity contribution in [2.45, 2.75) is 72.5 Å². The highest BCUT2D eigenvalue weighted by atomic mass is 15.2. The Morgan fingerprint density at radius 3 is 2.45 bits per heavy atom. The first-order chi connectivity index (χ1) is 10.4. The summed E-state index contributed by atoms with van der Waals surface area (Å²) in [5.41, 5.74) is 1.42. The standard InChI is InChI=1S/C19H33N3/c1-14(2)13-21-12-8-10-18(21)17-9-7-11-20-19(17)22(15(3)4)16(5)6/h7,9,11,14-16,18H,8,10,12-13H2,1-6H3/t18-/m0/s1. The summed E-state index contributed by atoms with van der Waals surface area (Å²) in [6, 6.07) is 5.86. The molecule has 1 saturated heterocycles. The predicted molar refractivity (Wildman–Crippen MR) is 95.4 cm³/mol. The van der Waals surface area contributed by atoms with Crippen LogP contribution in [-0.2, 0) is 0 Å². The van der Waals surface area contributed by atoms with Gasteiger partial charge in [-0.25, -0.2) is 4.98 Å². The zero-order valence-corrected chi connectivity index (χ0v) is 15.2. The minimum absolute atomic E-state index is 0.466. The van der Waals surface area contributed by atoms with Crippen molar-refractivity contribution >= 4 is 5.82 Å². The molecule has 0 amide bonds. The lowest BCUT2D eigenvalue weighted by Gasteiger charge is -2.36. The van der Waals surface area contributed by atoms with Gasteiger partial charge in [0.2, 0.25) is 0 Å². The normalized spacial score (nSPS) is 19.6. The molecule has 2 rings (SSSR count). The molecule has 0 saturated carbocycles. The van der Waals surface area contributed by atoms with Crippen LogP contribution in [0.25, 0.3) is 0 Å². The monoisotopic (exact) mass is 303 g/mol. The van der Waals surface area contributed by atoms with Gasteiger partial charge in [0.1, 0.15) is 5.82 Å². The molecule has 22 heavy (non-hydrogen) atoms. The molecule has 1 aliphatic heterocycles. The molecule has 3 heteroatoms. The lowest BCUT2D eigenvalue weighted by Crippen LogP contribution is -2.39. The van der Waals surface area contributed by atoms with Crippen LogP contribution in [0.15, 0.2) is 18.3 Å². The number of anilines is 1. The van der Waals surface area contributed by atoms with Crippen LogP contribution in [0.5, 0.6) is 0 Å². The second kappa shape index (κ2) is 7.45. The van der Waals surface area contributed by atoms with Crippen LogP contribution < -0.4 is 4.90 Å². The maximum Gasteiger partial charge on any atom is 0.133 e.